The number of hydrogen-bond donors (Lipinski definition) is 0. The molecule has 4 heteroatoms. The van der Waals surface area contributed by atoms with Gasteiger partial charge in [-0.1, -0.05) is 146 Å². The van der Waals surface area contributed by atoms with Gasteiger partial charge < -0.3 is 18.2 Å². The Labute approximate surface area is 375 Å². The van der Waals surface area contributed by atoms with Crippen molar-refractivity contribution in [2.45, 2.75) is 12.8 Å². The van der Waals surface area contributed by atoms with Gasteiger partial charge in [0, 0.05) is 72.5 Å². The summed E-state index contributed by atoms with van der Waals surface area (Å²) in [7, 11) is 0. The molecule has 65 heavy (non-hydrogen) atoms. The first-order chi connectivity index (χ1) is 32.2. The number of furan rings is 3. The average Bonchev–Trinajstić information content (AvgIpc) is 4.06. The van der Waals surface area contributed by atoms with E-state index in [1.165, 1.54) is 5.56 Å². The fourth-order valence-electron chi connectivity index (χ4n) is 10.4. The molecule has 12 aromatic rings. The predicted octanol–water partition coefficient (Wildman–Crippen LogP) is 17.7. The van der Waals surface area contributed by atoms with E-state index >= 15 is 0 Å². The lowest BCUT2D eigenvalue weighted by atomic mass is 9.83. The van der Waals surface area contributed by atoms with E-state index in [-0.39, 0.29) is 5.92 Å². The fraction of sp³-hybridized carbons (Fsp3) is 0.0492. The molecular formula is C61H41NO3. The first kappa shape index (κ1) is 37.2. The van der Waals surface area contributed by atoms with E-state index in [9.17, 15) is 0 Å². The summed E-state index contributed by atoms with van der Waals surface area (Å²) in [5, 5.41) is 6.59. The van der Waals surface area contributed by atoms with Crippen molar-refractivity contribution >= 4 is 82.9 Å². The summed E-state index contributed by atoms with van der Waals surface area (Å²) in [6.45, 7) is 2.30. The molecule has 0 saturated carbocycles. The minimum Gasteiger partial charge on any atom is -0.456 e. The minimum atomic E-state index is 0.214. The quantitative estimate of drug-likeness (QED) is 0.160. The number of rotatable bonds is 7. The van der Waals surface area contributed by atoms with E-state index in [1.54, 1.807) is 0 Å². The molecule has 9 aromatic carbocycles. The Balaban J connectivity index is 1.04. The monoisotopic (exact) mass is 835 g/mol. The molecule has 1 aliphatic carbocycles. The van der Waals surface area contributed by atoms with E-state index in [2.05, 4.69) is 206 Å². The van der Waals surface area contributed by atoms with Crippen LogP contribution in [-0.2, 0) is 0 Å². The Hall–Kier alpha value is -8.34. The number of hydrogen-bond acceptors (Lipinski definition) is 4. The highest BCUT2D eigenvalue weighted by Gasteiger charge is 2.26. The molecule has 0 N–H and O–H groups in total. The SMILES string of the molecule is CC1C=CC=CC1c1ccccc1N(c1ccc(-c2c(-c3ccc4oc5ccccc5c4c3-c3ccccc3)ccc3oc4ccccc4c23)cc1)c1ccc2c(c1)oc1ccccc12. The van der Waals surface area contributed by atoms with E-state index in [1.807, 2.05) is 24.3 Å². The van der Waals surface area contributed by atoms with Crippen LogP contribution >= 0.6 is 0 Å². The first-order valence-electron chi connectivity index (χ1n) is 22.4. The summed E-state index contributed by atoms with van der Waals surface area (Å²) in [4.78, 5) is 2.39. The minimum absolute atomic E-state index is 0.214. The van der Waals surface area contributed by atoms with Gasteiger partial charge in [-0.2, -0.15) is 0 Å². The van der Waals surface area contributed by atoms with Crippen LogP contribution in [0.5, 0.6) is 0 Å². The second-order valence-corrected chi connectivity index (χ2v) is 17.2. The molecule has 0 aliphatic heterocycles. The van der Waals surface area contributed by atoms with Crippen LogP contribution in [0.2, 0.25) is 0 Å². The molecule has 0 radical (unpaired) electrons. The Bertz CT molecular complexity index is 3860. The average molecular weight is 836 g/mol. The molecule has 0 bridgehead atoms. The molecule has 0 saturated heterocycles. The third-order valence-electron chi connectivity index (χ3n) is 13.4. The van der Waals surface area contributed by atoms with Gasteiger partial charge in [0.1, 0.15) is 33.5 Å². The van der Waals surface area contributed by atoms with Crippen molar-refractivity contribution in [3.8, 4) is 33.4 Å². The molecule has 0 amide bonds. The molecule has 2 atom stereocenters. The standard InChI is InChI=1S/C61H41NO3/c1-38-15-5-6-18-43(38)44-19-7-11-23-51(44)62(42-31-32-46-45-20-8-12-24-52(45)65-57(46)37-42)41-29-27-40(28-30-41)59-48(34-36-56-61(59)50-22-10-14-26-54(50)64-56)47-33-35-55-60(49-21-9-13-25-53(49)63-55)58(47)39-16-3-2-4-17-39/h2-38,43H,1H3. The fourth-order valence-corrected chi connectivity index (χ4v) is 10.4. The van der Waals surface area contributed by atoms with Crippen molar-refractivity contribution in [1.29, 1.82) is 0 Å². The van der Waals surface area contributed by atoms with Crippen LogP contribution in [0.4, 0.5) is 17.1 Å². The Morgan fingerprint density at radius 3 is 1.55 bits per heavy atom. The topological polar surface area (TPSA) is 42.7 Å². The van der Waals surface area contributed by atoms with Crippen LogP contribution in [0, 0.1) is 5.92 Å². The molecule has 3 heterocycles. The Morgan fingerprint density at radius 1 is 0.385 bits per heavy atom. The summed E-state index contributed by atoms with van der Waals surface area (Å²) >= 11 is 0. The van der Waals surface area contributed by atoms with Crippen molar-refractivity contribution in [1.82, 2.24) is 0 Å². The van der Waals surface area contributed by atoms with Gasteiger partial charge in [0.05, 0.1) is 0 Å². The van der Waals surface area contributed by atoms with Gasteiger partial charge in [0.25, 0.3) is 0 Å². The molecular weight excluding hydrogens is 795 g/mol. The van der Waals surface area contributed by atoms with Gasteiger partial charge in [-0.25, -0.2) is 0 Å². The van der Waals surface area contributed by atoms with Crippen LogP contribution in [0.15, 0.2) is 232 Å². The number of fused-ring (bicyclic) bond motifs is 9. The second kappa shape index (κ2) is 14.9. The zero-order valence-corrected chi connectivity index (χ0v) is 35.6. The third kappa shape index (κ3) is 5.98. The van der Waals surface area contributed by atoms with Gasteiger partial charge in [-0.15, -0.1) is 0 Å². The zero-order chi connectivity index (χ0) is 43.0. The highest BCUT2D eigenvalue weighted by molar-refractivity contribution is 6.20. The molecule has 2 unspecified atom stereocenters. The van der Waals surface area contributed by atoms with Crippen LogP contribution in [0.25, 0.3) is 99.2 Å². The summed E-state index contributed by atoms with van der Waals surface area (Å²) < 4.78 is 19.6. The van der Waals surface area contributed by atoms with E-state index in [0.717, 1.165) is 116 Å². The predicted molar refractivity (Wildman–Crippen MR) is 269 cm³/mol. The van der Waals surface area contributed by atoms with Crippen molar-refractivity contribution < 1.29 is 13.3 Å². The normalized spacial score (nSPS) is 15.0. The summed E-state index contributed by atoms with van der Waals surface area (Å²) in [6, 6.07) is 69.0. The zero-order valence-electron chi connectivity index (χ0n) is 35.6. The first-order valence-corrected chi connectivity index (χ1v) is 22.4. The van der Waals surface area contributed by atoms with Crippen LogP contribution in [-0.4, -0.2) is 0 Å². The highest BCUT2D eigenvalue weighted by atomic mass is 16.3. The number of allylic oxidation sites excluding steroid dienone is 4. The number of para-hydroxylation sites is 4. The van der Waals surface area contributed by atoms with Crippen molar-refractivity contribution in [3.05, 3.63) is 224 Å². The smallest absolute Gasteiger partial charge is 0.137 e. The number of anilines is 3. The molecule has 13 rings (SSSR count). The Morgan fingerprint density at radius 2 is 0.892 bits per heavy atom. The lowest BCUT2D eigenvalue weighted by Crippen LogP contribution is -2.16. The molecule has 3 aromatic heterocycles. The molecule has 0 fully saturated rings. The third-order valence-corrected chi connectivity index (χ3v) is 13.4. The highest BCUT2D eigenvalue weighted by Crippen LogP contribution is 2.50. The second-order valence-electron chi connectivity index (χ2n) is 17.2. The Kier molecular flexibility index (Phi) is 8.53. The summed E-state index contributed by atoms with van der Waals surface area (Å²) in [5.74, 6) is 0.554. The molecule has 4 nitrogen and oxygen atoms in total. The van der Waals surface area contributed by atoms with Gasteiger partial charge in [0.2, 0.25) is 0 Å². The van der Waals surface area contributed by atoms with Crippen molar-refractivity contribution in [3.63, 3.8) is 0 Å². The van der Waals surface area contributed by atoms with E-state index in [0.29, 0.717) is 5.92 Å². The summed E-state index contributed by atoms with van der Waals surface area (Å²) in [6.07, 6.45) is 8.97. The van der Waals surface area contributed by atoms with Crippen LogP contribution in [0.3, 0.4) is 0 Å². The lowest BCUT2D eigenvalue weighted by molar-refractivity contribution is 0.635. The number of benzene rings is 9. The molecule has 308 valence electrons. The molecule has 1 aliphatic rings. The van der Waals surface area contributed by atoms with Gasteiger partial charge >= 0.3 is 0 Å². The largest absolute Gasteiger partial charge is 0.456 e. The van der Waals surface area contributed by atoms with Gasteiger partial charge in [-0.05, 0) is 107 Å². The van der Waals surface area contributed by atoms with Gasteiger partial charge in [-0.3, -0.25) is 0 Å². The maximum Gasteiger partial charge on any atom is 0.137 e. The maximum atomic E-state index is 6.61. The lowest BCUT2D eigenvalue weighted by Gasteiger charge is -2.31. The maximum absolute atomic E-state index is 6.61. The van der Waals surface area contributed by atoms with E-state index < -0.39 is 0 Å². The van der Waals surface area contributed by atoms with Crippen LogP contribution < -0.4 is 4.90 Å². The summed E-state index contributed by atoms with van der Waals surface area (Å²) in [5.41, 5.74) is 16.4. The van der Waals surface area contributed by atoms with Crippen molar-refractivity contribution in [2.75, 3.05) is 4.90 Å². The van der Waals surface area contributed by atoms with E-state index in [4.69, 9.17) is 13.3 Å². The van der Waals surface area contributed by atoms with Crippen molar-refractivity contribution in [2.24, 2.45) is 5.92 Å². The number of nitrogens with zero attached hydrogens (tertiary/aromatic N) is 1. The van der Waals surface area contributed by atoms with Crippen LogP contribution in [0.1, 0.15) is 18.4 Å². The molecule has 0 spiro atoms. The van der Waals surface area contributed by atoms with Gasteiger partial charge in [0.15, 0.2) is 0 Å².